The fourth-order valence-corrected chi connectivity index (χ4v) is 15.1. The number of para-hydroxylation sites is 4. The van der Waals surface area contributed by atoms with Gasteiger partial charge < -0.3 is 13.4 Å². The molecule has 14 aromatic rings. The van der Waals surface area contributed by atoms with Crippen molar-refractivity contribution in [2.75, 3.05) is 0 Å². The Bertz CT molecular complexity index is 5090. The van der Waals surface area contributed by atoms with Crippen LogP contribution >= 0.6 is 0 Å². The summed E-state index contributed by atoms with van der Waals surface area (Å²) in [7, 11) is 0. The number of benzene rings is 11. The van der Waals surface area contributed by atoms with Gasteiger partial charge in [-0.25, -0.2) is 0 Å². The molecule has 3 nitrogen and oxygen atoms in total. The van der Waals surface area contributed by atoms with Crippen molar-refractivity contribution in [2.45, 2.75) is 64.2 Å². The lowest BCUT2D eigenvalue weighted by Crippen LogP contribution is -2.17. The standard InChI is InChI=1S/C78H57NO2/c1-76(2)60-35-36-70-73(55-24-14-17-27-68(55)80-70)72(60)59-44-63-58(43-64(59)76)51-32-29-45(39-61(51)77(63,3)4)37-49(47-19-9-7-10-20-47)38-46-30-33-54-62(40-46)78(5,6)65-42-57(75-74(71(54)65)56-25-15-18-28-69(56)81-75)48-31-34-53-52-23-13-16-26-66(52)79(67(53)41-48)50-21-11-8-12-22-50/h7-36,38-44H,37H2,1-6H3/b49-38-. The van der Waals surface area contributed by atoms with Crippen LogP contribution in [-0.4, -0.2) is 4.57 Å². The minimum Gasteiger partial charge on any atom is -0.456 e. The predicted molar refractivity (Wildman–Crippen MR) is 338 cm³/mol. The van der Waals surface area contributed by atoms with Gasteiger partial charge in [-0.05, 0) is 162 Å². The van der Waals surface area contributed by atoms with Gasteiger partial charge in [0.15, 0.2) is 0 Å². The van der Waals surface area contributed by atoms with E-state index < -0.39 is 0 Å². The highest BCUT2D eigenvalue weighted by atomic mass is 16.3. The molecular formula is C78H57NO2. The van der Waals surface area contributed by atoms with Gasteiger partial charge in [0.2, 0.25) is 0 Å². The molecular weight excluding hydrogens is 983 g/mol. The molecule has 0 atom stereocenters. The van der Waals surface area contributed by atoms with Crippen LogP contribution in [0.3, 0.4) is 0 Å². The molecule has 3 aromatic heterocycles. The number of allylic oxidation sites excluding steroid dienone is 1. The van der Waals surface area contributed by atoms with Crippen LogP contribution in [0.2, 0.25) is 0 Å². The van der Waals surface area contributed by atoms with Gasteiger partial charge in [0.25, 0.3) is 0 Å². The maximum atomic E-state index is 7.02. The van der Waals surface area contributed by atoms with Crippen molar-refractivity contribution in [1.29, 1.82) is 0 Å². The van der Waals surface area contributed by atoms with Crippen LogP contribution in [0.1, 0.15) is 91.6 Å². The van der Waals surface area contributed by atoms with Crippen molar-refractivity contribution in [1.82, 2.24) is 4.57 Å². The molecule has 0 aliphatic heterocycles. The summed E-state index contributed by atoms with van der Waals surface area (Å²) in [6.07, 6.45) is 3.24. The van der Waals surface area contributed by atoms with Crippen LogP contribution in [0.15, 0.2) is 227 Å². The highest BCUT2D eigenvalue weighted by Gasteiger charge is 2.43. The number of rotatable bonds is 6. The van der Waals surface area contributed by atoms with Gasteiger partial charge in [-0.3, -0.25) is 0 Å². The summed E-state index contributed by atoms with van der Waals surface area (Å²) in [5, 5.41) is 7.23. The summed E-state index contributed by atoms with van der Waals surface area (Å²) in [4.78, 5) is 0. The molecule has 0 unspecified atom stereocenters. The number of aromatic nitrogens is 1. The minimum absolute atomic E-state index is 0.157. The largest absolute Gasteiger partial charge is 0.456 e. The summed E-state index contributed by atoms with van der Waals surface area (Å²) in [5.41, 5.74) is 30.0. The molecule has 0 saturated heterocycles. The normalized spacial score (nSPS) is 15.2. The third-order valence-corrected chi connectivity index (χ3v) is 19.2. The van der Waals surface area contributed by atoms with Crippen molar-refractivity contribution in [3.05, 3.63) is 268 Å². The maximum absolute atomic E-state index is 7.02. The molecule has 0 radical (unpaired) electrons. The number of fused-ring (bicyclic) bond motifs is 20. The molecule has 0 spiro atoms. The third-order valence-electron chi connectivity index (χ3n) is 19.2. The topological polar surface area (TPSA) is 31.2 Å². The minimum atomic E-state index is -0.303. The average Bonchev–Trinajstić information content (AvgIpc) is 3.65. The Morgan fingerprint density at radius 3 is 1.79 bits per heavy atom. The zero-order valence-electron chi connectivity index (χ0n) is 46.3. The molecule has 3 aliphatic rings. The molecule has 0 fully saturated rings. The van der Waals surface area contributed by atoms with E-state index in [1.165, 1.54) is 127 Å². The van der Waals surface area contributed by atoms with E-state index in [1.807, 2.05) is 0 Å². The lowest BCUT2D eigenvalue weighted by molar-refractivity contribution is 0.650. The van der Waals surface area contributed by atoms with E-state index in [1.54, 1.807) is 0 Å². The Labute approximate surface area is 471 Å². The monoisotopic (exact) mass is 1040 g/mol. The van der Waals surface area contributed by atoms with Crippen molar-refractivity contribution >= 4 is 77.3 Å². The Hall–Kier alpha value is -9.44. The summed E-state index contributed by atoms with van der Waals surface area (Å²) in [5.74, 6) is 0. The molecule has 81 heavy (non-hydrogen) atoms. The molecule has 0 N–H and O–H groups in total. The molecule has 0 amide bonds. The van der Waals surface area contributed by atoms with Crippen molar-refractivity contribution in [3.8, 4) is 50.2 Å². The lowest BCUT2D eigenvalue weighted by atomic mass is 9.79. The van der Waals surface area contributed by atoms with Crippen LogP contribution in [0, 0.1) is 0 Å². The fourth-order valence-electron chi connectivity index (χ4n) is 15.1. The maximum Gasteiger partial charge on any atom is 0.143 e. The molecule has 0 saturated carbocycles. The van der Waals surface area contributed by atoms with Crippen molar-refractivity contribution in [3.63, 3.8) is 0 Å². The number of hydrogen-bond acceptors (Lipinski definition) is 2. The van der Waals surface area contributed by atoms with Gasteiger partial charge in [0.05, 0.1) is 11.0 Å². The first kappa shape index (κ1) is 46.5. The SMILES string of the molecule is CC1(C)c2cc(C/C(=C/c3ccc4c(c3)C(C)(C)c3cc(-c5ccc6c7ccccc7n(-c7ccccc7)c6c5)c5oc6ccccc6c5c3-4)c3ccccc3)ccc2-c2cc3c(cc21)-c1c(ccc2oc4ccccc4c12)C3(C)C. The summed E-state index contributed by atoms with van der Waals surface area (Å²) < 4.78 is 15.9. The molecule has 17 rings (SSSR count). The zero-order valence-corrected chi connectivity index (χ0v) is 46.3. The first-order valence-electron chi connectivity index (χ1n) is 28.7. The molecule has 3 heterocycles. The quantitative estimate of drug-likeness (QED) is 0.155. The smallest absolute Gasteiger partial charge is 0.143 e. The molecule has 0 bridgehead atoms. The zero-order chi connectivity index (χ0) is 54.3. The Morgan fingerprint density at radius 1 is 0.395 bits per heavy atom. The van der Waals surface area contributed by atoms with Crippen LogP contribution < -0.4 is 0 Å². The van der Waals surface area contributed by atoms with Crippen LogP contribution in [0.25, 0.3) is 128 Å². The second-order valence-corrected chi connectivity index (χ2v) is 24.7. The van der Waals surface area contributed by atoms with Gasteiger partial charge in [-0.1, -0.05) is 205 Å². The van der Waals surface area contributed by atoms with E-state index in [0.29, 0.717) is 0 Å². The van der Waals surface area contributed by atoms with Gasteiger partial charge in [-0.15, -0.1) is 0 Å². The van der Waals surface area contributed by atoms with Crippen LogP contribution in [0.4, 0.5) is 0 Å². The highest BCUT2D eigenvalue weighted by Crippen LogP contribution is 2.59. The van der Waals surface area contributed by atoms with E-state index in [0.717, 1.165) is 51.0 Å². The lowest BCUT2D eigenvalue weighted by Gasteiger charge is -2.24. The third kappa shape index (κ3) is 6.40. The van der Waals surface area contributed by atoms with Crippen molar-refractivity contribution < 1.29 is 8.83 Å². The van der Waals surface area contributed by atoms with Crippen molar-refractivity contribution in [2.24, 2.45) is 0 Å². The van der Waals surface area contributed by atoms with Crippen LogP contribution in [0.5, 0.6) is 0 Å². The van der Waals surface area contributed by atoms with E-state index in [9.17, 15) is 0 Å². The molecule has 11 aromatic carbocycles. The fraction of sp³-hybridized carbons (Fsp3) is 0.128. The summed E-state index contributed by atoms with van der Waals surface area (Å²) in [6, 6.07) is 81.1. The number of hydrogen-bond donors (Lipinski definition) is 0. The Balaban J connectivity index is 0.766. The second kappa shape index (κ2) is 16.3. The van der Waals surface area contributed by atoms with E-state index in [4.69, 9.17) is 8.83 Å². The first-order valence-corrected chi connectivity index (χ1v) is 28.7. The molecule has 386 valence electrons. The molecule has 3 heteroatoms. The van der Waals surface area contributed by atoms with E-state index in [2.05, 4.69) is 271 Å². The van der Waals surface area contributed by atoms with Crippen LogP contribution in [-0.2, 0) is 22.7 Å². The highest BCUT2D eigenvalue weighted by molar-refractivity contribution is 6.20. The number of nitrogens with zero attached hydrogens (tertiary/aromatic N) is 1. The molecule has 3 aliphatic carbocycles. The van der Waals surface area contributed by atoms with E-state index in [-0.39, 0.29) is 16.2 Å². The second-order valence-electron chi connectivity index (χ2n) is 24.7. The summed E-state index contributed by atoms with van der Waals surface area (Å²) in [6.45, 7) is 14.5. The van der Waals surface area contributed by atoms with Gasteiger partial charge >= 0.3 is 0 Å². The predicted octanol–water partition coefficient (Wildman–Crippen LogP) is 21.0. The Morgan fingerprint density at radius 2 is 0.988 bits per heavy atom. The van der Waals surface area contributed by atoms with E-state index >= 15 is 0 Å². The van der Waals surface area contributed by atoms with Gasteiger partial charge in [0, 0.05) is 59.8 Å². The Kier molecular flexibility index (Phi) is 9.37. The number of furan rings is 2. The van der Waals surface area contributed by atoms with Gasteiger partial charge in [0.1, 0.15) is 22.3 Å². The average molecular weight is 1040 g/mol. The summed E-state index contributed by atoms with van der Waals surface area (Å²) >= 11 is 0. The first-order chi connectivity index (χ1) is 39.4. The van der Waals surface area contributed by atoms with Gasteiger partial charge in [-0.2, -0.15) is 0 Å².